The van der Waals surface area contributed by atoms with E-state index in [9.17, 15) is 4.79 Å². The fourth-order valence-corrected chi connectivity index (χ4v) is 1.48. The minimum atomic E-state index is -1.10. The van der Waals surface area contributed by atoms with Crippen molar-refractivity contribution >= 4 is 11.6 Å². The SMILES string of the molecule is COc1cc(C)c(NC(=O)C(C)(C)C#N)c(OC)c1. The van der Waals surface area contributed by atoms with Gasteiger partial charge < -0.3 is 14.8 Å². The van der Waals surface area contributed by atoms with Crippen molar-refractivity contribution < 1.29 is 14.3 Å². The Kier molecular flexibility index (Phi) is 4.38. The predicted molar refractivity (Wildman–Crippen MR) is 72.3 cm³/mol. The van der Waals surface area contributed by atoms with Gasteiger partial charge in [0.15, 0.2) is 0 Å². The molecule has 0 radical (unpaired) electrons. The van der Waals surface area contributed by atoms with Gasteiger partial charge in [-0.1, -0.05) is 0 Å². The van der Waals surface area contributed by atoms with Crippen LogP contribution in [0.2, 0.25) is 0 Å². The lowest BCUT2D eigenvalue weighted by Gasteiger charge is -2.19. The van der Waals surface area contributed by atoms with Gasteiger partial charge >= 0.3 is 0 Å². The Labute approximate surface area is 113 Å². The molecule has 1 amide bonds. The number of benzene rings is 1. The summed E-state index contributed by atoms with van der Waals surface area (Å²) in [7, 11) is 3.07. The summed E-state index contributed by atoms with van der Waals surface area (Å²) in [4.78, 5) is 12.0. The van der Waals surface area contributed by atoms with Gasteiger partial charge in [0, 0.05) is 6.07 Å². The molecule has 0 saturated heterocycles. The lowest BCUT2D eigenvalue weighted by molar-refractivity contribution is -0.121. The Hall–Kier alpha value is -2.22. The second kappa shape index (κ2) is 5.61. The monoisotopic (exact) mass is 262 g/mol. The quantitative estimate of drug-likeness (QED) is 0.905. The number of rotatable bonds is 4. The number of ether oxygens (including phenoxy) is 2. The Morgan fingerprint density at radius 1 is 1.32 bits per heavy atom. The molecule has 1 aromatic carbocycles. The molecule has 0 aliphatic heterocycles. The molecular formula is C14H18N2O3. The van der Waals surface area contributed by atoms with E-state index in [0.717, 1.165) is 5.56 Å². The summed E-state index contributed by atoms with van der Waals surface area (Å²) in [5, 5.41) is 11.7. The fraction of sp³-hybridized carbons (Fsp3) is 0.429. The molecule has 1 aromatic rings. The van der Waals surface area contributed by atoms with Crippen molar-refractivity contribution in [2.24, 2.45) is 5.41 Å². The maximum Gasteiger partial charge on any atom is 0.244 e. The van der Waals surface area contributed by atoms with Crippen molar-refractivity contribution in [2.75, 3.05) is 19.5 Å². The molecule has 1 N–H and O–H groups in total. The van der Waals surface area contributed by atoms with E-state index in [1.165, 1.54) is 7.11 Å². The topological polar surface area (TPSA) is 71.3 Å². The van der Waals surface area contributed by atoms with Crippen LogP contribution < -0.4 is 14.8 Å². The molecule has 102 valence electrons. The van der Waals surface area contributed by atoms with E-state index < -0.39 is 5.41 Å². The molecule has 0 bridgehead atoms. The van der Waals surface area contributed by atoms with Gasteiger partial charge in [0.2, 0.25) is 5.91 Å². The van der Waals surface area contributed by atoms with E-state index in [2.05, 4.69) is 5.32 Å². The Morgan fingerprint density at radius 3 is 2.42 bits per heavy atom. The number of methoxy groups -OCH3 is 2. The van der Waals surface area contributed by atoms with Crippen LogP contribution in [0.15, 0.2) is 12.1 Å². The first-order chi connectivity index (χ1) is 8.85. The third-order valence-electron chi connectivity index (χ3n) is 2.81. The maximum absolute atomic E-state index is 12.0. The summed E-state index contributed by atoms with van der Waals surface area (Å²) < 4.78 is 10.4. The third kappa shape index (κ3) is 3.16. The first-order valence-electron chi connectivity index (χ1n) is 5.81. The van der Waals surface area contributed by atoms with Gasteiger partial charge in [-0.3, -0.25) is 4.79 Å². The fourth-order valence-electron chi connectivity index (χ4n) is 1.48. The highest BCUT2D eigenvalue weighted by Gasteiger charge is 2.28. The number of hydrogen-bond donors (Lipinski definition) is 1. The summed E-state index contributed by atoms with van der Waals surface area (Å²) in [5.41, 5.74) is 0.257. The van der Waals surface area contributed by atoms with E-state index in [-0.39, 0.29) is 5.91 Å². The van der Waals surface area contributed by atoms with E-state index in [0.29, 0.717) is 17.2 Å². The summed E-state index contributed by atoms with van der Waals surface area (Å²) in [5.74, 6) is 0.771. The molecule has 0 heterocycles. The zero-order valence-corrected chi connectivity index (χ0v) is 11.8. The van der Waals surface area contributed by atoms with Gasteiger partial charge in [0.05, 0.1) is 26.0 Å². The van der Waals surface area contributed by atoms with Gasteiger partial charge in [-0.25, -0.2) is 0 Å². The molecule has 0 aliphatic carbocycles. The third-order valence-corrected chi connectivity index (χ3v) is 2.81. The predicted octanol–water partition coefficient (Wildman–Crippen LogP) is 2.50. The smallest absolute Gasteiger partial charge is 0.244 e. The molecule has 19 heavy (non-hydrogen) atoms. The average molecular weight is 262 g/mol. The molecule has 0 fully saturated rings. The normalized spacial score (nSPS) is 10.5. The number of aryl methyl sites for hydroxylation is 1. The van der Waals surface area contributed by atoms with E-state index in [4.69, 9.17) is 14.7 Å². The second-order valence-electron chi connectivity index (χ2n) is 4.71. The zero-order valence-electron chi connectivity index (χ0n) is 11.8. The number of nitrogens with zero attached hydrogens (tertiary/aromatic N) is 1. The van der Waals surface area contributed by atoms with Crippen molar-refractivity contribution in [3.05, 3.63) is 17.7 Å². The van der Waals surface area contributed by atoms with Crippen molar-refractivity contribution in [3.63, 3.8) is 0 Å². The highest BCUT2D eigenvalue weighted by molar-refractivity contribution is 5.98. The van der Waals surface area contributed by atoms with E-state index >= 15 is 0 Å². The number of amides is 1. The molecular weight excluding hydrogens is 244 g/mol. The van der Waals surface area contributed by atoms with Crippen LogP contribution in [0.25, 0.3) is 0 Å². The van der Waals surface area contributed by atoms with Crippen LogP contribution in [0.5, 0.6) is 11.5 Å². The van der Waals surface area contributed by atoms with E-state index in [1.54, 1.807) is 33.1 Å². The van der Waals surface area contributed by atoms with Crippen LogP contribution in [0.3, 0.4) is 0 Å². The van der Waals surface area contributed by atoms with Gasteiger partial charge in [0.1, 0.15) is 16.9 Å². The largest absolute Gasteiger partial charge is 0.497 e. The lowest BCUT2D eigenvalue weighted by Crippen LogP contribution is -2.29. The van der Waals surface area contributed by atoms with Gasteiger partial charge in [-0.15, -0.1) is 0 Å². The molecule has 0 saturated carbocycles. The van der Waals surface area contributed by atoms with Gasteiger partial charge in [-0.05, 0) is 32.4 Å². The zero-order chi connectivity index (χ0) is 14.6. The van der Waals surface area contributed by atoms with Gasteiger partial charge in [0.25, 0.3) is 0 Å². The number of carbonyl (C=O) groups is 1. The molecule has 5 heteroatoms. The number of nitrogens with one attached hydrogen (secondary N) is 1. The Balaban J connectivity index is 3.15. The molecule has 0 aromatic heterocycles. The minimum Gasteiger partial charge on any atom is -0.497 e. The van der Waals surface area contributed by atoms with Crippen LogP contribution in [0.1, 0.15) is 19.4 Å². The molecule has 1 rings (SSSR count). The molecule has 0 unspecified atom stereocenters. The number of carbonyl (C=O) groups excluding carboxylic acids is 1. The standard InChI is InChI=1S/C14H18N2O3/c1-9-6-10(18-4)7-11(19-5)12(9)16-13(17)14(2,3)8-15/h6-7H,1-5H3,(H,16,17). The number of anilines is 1. The van der Waals surface area contributed by atoms with Crippen LogP contribution in [0.4, 0.5) is 5.69 Å². The van der Waals surface area contributed by atoms with Crippen LogP contribution in [0, 0.1) is 23.7 Å². The Morgan fingerprint density at radius 2 is 1.95 bits per heavy atom. The lowest BCUT2D eigenvalue weighted by atomic mass is 9.94. The molecule has 0 aliphatic rings. The summed E-state index contributed by atoms with van der Waals surface area (Å²) in [6.45, 7) is 4.96. The van der Waals surface area contributed by atoms with Crippen LogP contribution in [-0.2, 0) is 4.79 Å². The molecule has 5 nitrogen and oxygen atoms in total. The minimum absolute atomic E-state index is 0.374. The van der Waals surface area contributed by atoms with Crippen molar-refractivity contribution in [1.29, 1.82) is 5.26 Å². The summed E-state index contributed by atoms with van der Waals surface area (Å²) >= 11 is 0. The maximum atomic E-state index is 12.0. The van der Waals surface area contributed by atoms with Crippen molar-refractivity contribution in [1.82, 2.24) is 0 Å². The Bertz CT molecular complexity index is 530. The highest BCUT2D eigenvalue weighted by atomic mass is 16.5. The average Bonchev–Trinajstić information content (AvgIpc) is 2.40. The van der Waals surface area contributed by atoms with Crippen molar-refractivity contribution in [2.45, 2.75) is 20.8 Å². The van der Waals surface area contributed by atoms with Gasteiger partial charge in [-0.2, -0.15) is 5.26 Å². The summed E-state index contributed by atoms with van der Waals surface area (Å²) in [6.07, 6.45) is 0. The first kappa shape index (κ1) is 14.8. The van der Waals surface area contributed by atoms with E-state index in [1.807, 2.05) is 13.0 Å². The number of hydrogen-bond acceptors (Lipinski definition) is 4. The van der Waals surface area contributed by atoms with Crippen LogP contribution in [-0.4, -0.2) is 20.1 Å². The summed E-state index contributed by atoms with van der Waals surface area (Å²) in [6, 6.07) is 5.43. The highest BCUT2D eigenvalue weighted by Crippen LogP contribution is 2.34. The van der Waals surface area contributed by atoms with Crippen LogP contribution >= 0.6 is 0 Å². The number of nitriles is 1. The first-order valence-corrected chi connectivity index (χ1v) is 5.81. The second-order valence-corrected chi connectivity index (χ2v) is 4.71. The molecule has 0 spiro atoms. The van der Waals surface area contributed by atoms with Crippen molar-refractivity contribution in [3.8, 4) is 17.6 Å². The molecule has 0 atom stereocenters.